The predicted molar refractivity (Wildman–Crippen MR) is 74.5 cm³/mol. The smallest absolute Gasteiger partial charge is 0.329 e. The molecule has 0 saturated carbocycles. The third-order valence-electron chi connectivity index (χ3n) is 3.31. The number of hydrogen-bond donors (Lipinski definition) is 1. The van der Waals surface area contributed by atoms with Crippen LogP contribution in [0.4, 0.5) is 0 Å². The van der Waals surface area contributed by atoms with Gasteiger partial charge in [0.2, 0.25) is 5.91 Å². The maximum absolute atomic E-state index is 11.8. The molecule has 1 aromatic heterocycles. The lowest BCUT2D eigenvalue weighted by atomic mass is 10.2. The molecule has 7 nitrogen and oxygen atoms in total. The molecular formula is C14H19N3O4. The first-order valence-corrected chi connectivity index (χ1v) is 6.84. The molecule has 21 heavy (non-hydrogen) atoms. The topological polar surface area (TPSA) is 83.0 Å². The van der Waals surface area contributed by atoms with Gasteiger partial charge < -0.3 is 14.7 Å². The summed E-state index contributed by atoms with van der Waals surface area (Å²) in [6.45, 7) is 3.07. The Morgan fingerprint density at radius 2 is 2.00 bits per heavy atom. The summed E-state index contributed by atoms with van der Waals surface area (Å²) in [5.41, 5.74) is 1.15. The molecule has 7 heteroatoms. The summed E-state index contributed by atoms with van der Waals surface area (Å²) in [5, 5.41) is 8.45. The van der Waals surface area contributed by atoms with Crippen molar-refractivity contribution in [3.05, 3.63) is 30.1 Å². The second-order valence-corrected chi connectivity index (χ2v) is 4.90. The molecule has 0 unspecified atom stereocenters. The molecule has 0 atom stereocenters. The van der Waals surface area contributed by atoms with E-state index in [2.05, 4.69) is 9.88 Å². The Morgan fingerprint density at radius 3 is 2.62 bits per heavy atom. The predicted octanol–water partition coefficient (Wildman–Crippen LogP) is -0.173. The molecule has 1 aliphatic rings. The van der Waals surface area contributed by atoms with E-state index in [9.17, 15) is 9.59 Å². The SMILES string of the molecule is O=C(O)COCC(=O)N1CCN(Cc2cccnc2)CC1. The van der Waals surface area contributed by atoms with Crippen molar-refractivity contribution in [3.8, 4) is 0 Å². The maximum atomic E-state index is 11.8. The van der Waals surface area contributed by atoms with Crippen LogP contribution >= 0.6 is 0 Å². The van der Waals surface area contributed by atoms with Gasteiger partial charge in [-0.1, -0.05) is 6.07 Å². The highest BCUT2D eigenvalue weighted by Gasteiger charge is 2.21. The van der Waals surface area contributed by atoms with E-state index in [0.717, 1.165) is 25.2 Å². The van der Waals surface area contributed by atoms with E-state index in [1.165, 1.54) is 0 Å². The van der Waals surface area contributed by atoms with Gasteiger partial charge in [-0.05, 0) is 11.6 Å². The van der Waals surface area contributed by atoms with Gasteiger partial charge in [-0.25, -0.2) is 4.79 Å². The quantitative estimate of drug-likeness (QED) is 0.784. The van der Waals surface area contributed by atoms with E-state index in [1.807, 2.05) is 18.3 Å². The molecule has 0 radical (unpaired) electrons. The third kappa shape index (κ3) is 5.13. The molecule has 0 aliphatic carbocycles. The summed E-state index contributed by atoms with van der Waals surface area (Å²) in [6.07, 6.45) is 3.59. The summed E-state index contributed by atoms with van der Waals surface area (Å²) < 4.78 is 4.82. The number of rotatable bonds is 6. The van der Waals surface area contributed by atoms with Crippen molar-refractivity contribution in [1.82, 2.24) is 14.8 Å². The average Bonchev–Trinajstić information content (AvgIpc) is 2.48. The number of aromatic nitrogens is 1. The van der Waals surface area contributed by atoms with Gasteiger partial charge in [-0.15, -0.1) is 0 Å². The Bertz CT molecular complexity index is 472. The molecule has 0 aromatic carbocycles. The number of amides is 1. The van der Waals surface area contributed by atoms with Gasteiger partial charge in [-0.2, -0.15) is 0 Å². The fraction of sp³-hybridized carbons (Fsp3) is 0.500. The summed E-state index contributed by atoms with van der Waals surface area (Å²) in [5.74, 6) is -1.22. The fourth-order valence-electron chi connectivity index (χ4n) is 2.22. The second kappa shape index (κ2) is 7.70. The van der Waals surface area contributed by atoms with Crippen LogP contribution in [-0.4, -0.2) is 71.2 Å². The number of carboxylic acids is 1. The number of ether oxygens (including phenoxy) is 1. The van der Waals surface area contributed by atoms with Crippen molar-refractivity contribution in [1.29, 1.82) is 0 Å². The van der Waals surface area contributed by atoms with Crippen LogP contribution in [0.3, 0.4) is 0 Å². The standard InChI is InChI=1S/C14H19N3O4/c18-13(10-21-11-14(19)20)17-6-4-16(5-7-17)9-12-2-1-3-15-8-12/h1-3,8H,4-7,9-11H2,(H,19,20). The molecule has 1 aliphatic heterocycles. The van der Waals surface area contributed by atoms with Crippen LogP contribution in [0.2, 0.25) is 0 Å². The van der Waals surface area contributed by atoms with Crippen LogP contribution < -0.4 is 0 Å². The minimum absolute atomic E-state index is 0.155. The largest absolute Gasteiger partial charge is 0.480 e. The lowest BCUT2D eigenvalue weighted by Gasteiger charge is -2.34. The van der Waals surface area contributed by atoms with Gasteiger partial charge in [0, 0.05) is 45.1 Å². The van der Waals surface area contributed by atoms with Crippen LogP contribution in [0.15, 0.2) is 24.5 Å². The number of pyridine rings is 1. The zero-order chi connectivity index (χ0) is 15.1. The Labute approximate surface area is 123 Å². The normalized spacial score (nSPS) is 15.9. The Hall–Kier alpha value is -1.99. The lowest BCUT2D eigenvalue weighted by Crippen LogP contribution is -2.49. The number of aliphatic carboxylic acids is 1. The second-order valence-electron chi connectivity index (χ2n) is 4.90. The van der Waals surface area contributed by atoms with Crippen molar-refractivity contribution in [2.45, 2.75) is 6.54 Å². The number of carbonyl (C=O) groups is 2. The van der Waals surface area contributed by atoms with Gasteiger partial charge in [0.25, 0.3) is 0 Å². The van der Waals surface area contributed by atoms with E-state index in [4.69, 9.17) is 9.84 Å². The van der Waals surface area contributed by atoms with Crippen molar-refractivity contribution in [2.24, 2.45) is 0 Å². The van der Waals surface area contributed by atoms with E-state index in [1.54, 1.807) is 11.1 Å². The Kier molecular flexibility index (Phi) is 5.65. The summed E-state index contributed by atoms with van der Waals surface area (Å²) in [4.78, 5) is 30.2. The molecule has 1 saturated heterocycles. The highest BCUT2D eigenvalue weighted by molar-refractivity contribution is 5.78. The minimum Gasteiger partial charge on any atom is -0.480 e. The van der Waals surface area contributed by atoms with E-state index >= 15 is 0 Å². The number of carboxylic acid groups (broad SMARTS) is 1. The zero-order valence-electron chi connectivity index (χ0n) is 11.8. The molecule has 2 heterocycles. The Balaban J connectivity index is 1.70. The molecule has 2 rings (SSSR count). The highest BCUT2D eigenvalue weighted by atomic mass is 16.5. The number of carbonyl (C=O) groups excluding carboxylic acids is 1. The average molecular weight is 293 g/mol. The molecule has 0 spiro atoms. The number of nitrogens with zero attached hydrogens (tertiary/aromatic N) is 3. The van der Waals surface area contributed by atoms with Crippen LogP contribution in [0.5, 0.6) is 0 Å². The summed E-state index contributed by atoms with van der Waals surface area (Å²) >= 11 is 0. The third-order valence-corrected chi connectivity index (χ3v) is 3.31. The first kappa shape index (κ1) is 15.4. The monoisotopic (exact) mass is 293 g/mol. The van der Waals surface area contributed by atoms with Crippen LogP contribution in [0.25, 0.3) is 0 Å². The summed E-state index contributed by atoms with van der Waals surface area (Å²) in [7, 11) is 0. The molecule has 1 fully saturated rings. The zero-order valence-corrected chi connectivity index (χ0v) is 11.8. The van der Waals surface area contributed by atoms with Gasteiger partial charge >= 0.3 is 5.97 Å². The highest BCUT2D eigenvalue weighted by Crippen LogP contribution is 2.07. The first-order chi connectivity index (χ1) is 10.1. The van der Waals surface area contributed by atoms with Crippen LogP contribution in [0.1, 0.15) is 5.56 Å². The summed E-state index contributed by atoms with van der Waals surface area (Å²) in [6, 6.07) is 3.94. The van der Waals surface area contributed by atoms with Crippen molar-refractivity contribution < 1.29 is 19.4 Å². The maximum Gasteiger partial charge on any atom is 0.329 e. The van der Waals surface area contributed by atoms with Gasteiger partial charge in [-0.3, -0.25) is 14.7 Å². The number of piperazine rings is 1. The molecule has 114 valence electrons. The van der Waals surface area contributed by atoms with Gasteiger partial charge in [0.15, 0.2) is 0 Å². The molecular weight excluding hydrogens is 274 g/mol. The fourth-order valence-corrected chi connectivity index (χ4v) is 2.22. The van der Waals surface area contributed by atoms with Crippen molar-refractivity contribution in [2.75, 3.05) is 39.4 Å². The minimum atomic E-state index is -1.07. The Morgan fingerprint density at radius 1 is 1.24 bits per heavy atom. The van der Waals surface area contributed by atoms with Crippen LogP contribution in [-0.2, 0) is 20.9 Å². The molecule has 0 bridgehead atoms. The van der Waals surface area contributed by atoms with Gasteiger partial charge in [0.05, 0.1) is 0 Å². The molecule has 1 aromatic rings. The van der Waals surface area contributed by atoms with Crippen molar-refractivity contribution >= 4 is 11.9 Å². The van der Waals surface area contributed by atoms with E-state index < -0.39 is 12.6 Å². The van der Waals surface area contributed by atoms with Gasteiger partial charge in [0.1, 0.15) is 13.2 Å². The molecule has 1 N–H and O–H groups in total. The van der Waals surface area contributed by atoms with E-state index in [-0.39, 0.29) is 12.5 Å². The lowest BCUT2D eigenvalue weighted by molar-refractivity contribution is -0.146. The van der Waals surface area contributed by atoms with Crippen molar-refractivity contribution in [3.63, 3.8) is 0 Å². The first-order valence-electron chi connectivity index (χ1n) is 6.84. The van der Waals surface area contributed by atoms with Crippen LogP contribution in [0, 0.1) is 0 Å². The number of hydrogen-bond acceptors (Lipinski definition) is 5. The van der Waals surface area contributed by atoms with E-state index in [0.29, 0.717) is 13.1 Å². The molecule has 1 amide bonds.